The normalized spacial score (nSPS) is 11.2. The standard InChI is InChI=1S/C12H15N3O2/c1-3-8(4-2)11-14-13-10-6-5-9(12(16)17)7-15(10)11/h5-8H,3-4H2,1-2H3,(H,16,17). The highest BCUT2D eigenvalue weighted by molar-refractivity contribution is 5.87. The zero-order chi connectivity index (χ0) is 12.4. The van der Waals surface area contributed by atoms with Gasteiger partial charge in [0.15, 0.2) is 5.65 Å². The lowest BCUT2D eigenvalue weighted by molar-refractivity contribution is 0.0696. The predicted octanol–water partition coefficient (Wildman–Crippen LogP) is 2.33. The number of carbonyl (C=O) groups is 1. The van der Waals surface area contributed by atoms with E-state index in [0.29, 0.717) is 11.6 Å². The Morgan fingerprint density at radius 2 is 2.06 bits per heavy atom. The van der Waals surface area contributed by atoms with Crippen molar-refractivity contribution in [3.63, 3.8) is 0 Å². The Kier molecular flexibility index (Phi) is 3.08. The predicted molar refractivity (Wildman–Crippen MR) is 63.3 cm³/mol. The van der Waals surface area contributed by atoms with E-state index in [-0.39, 0.29) is 5.56 Å². The Hall–Kier alpha value is -1.91. The second-order valence-electron chi connectivity index (χ2n) is 4.02. The van der Waals surface area contributed by atoms with Gasteiger partial charge in [0.05, 0.1) is 5.56 Å². The van der Waals surface area contributed by atoms with E-state index in [2.05, 4.69) is 24.0 Å². The molecule has 1 N–H and O–H groups in total. The van der Waals surface area contributed by atoms with Gasteiger partial charge in [0.25, 0.3) is 0 Å². The molecule has 2 rings (SSSR count). The van der Waals surface area contributed by atoms with Crippen LogP contribution in [0.5, 0.6) is 0 Å². The third-order valence-electron chi connectivity index (χ3n) is 3.03. The summed E-state index contributed by atoms with van der Waals surface area (Å²) in [6, 6.07) is 3.23. The minimum absolute atomic E-state index is 0.254. The number of fused-ring (bicyclic) bond motifs is 1. The van der Waals surface area contributed by atoms with Crippen LogP contribution in [0.1, 0.15) is 48.8 Å². The van der Waals surface area contributed by atoms with E-state index >= 15 is 0 Å². The number of hydrogen-bond donors (Lipinski definition) is 1. The van der Waals surface area contributed by atoms with Crippen LogP contribution in [0.4, 0.5) is 0 Å². The molecule has 0 aliphatic carbocycles. The summed E-state index contributed by atoms with van der Waals surface area (Å²) in [5, 5.41) is 17.2. The van der Waals surface area contributed by atoms with Crippen LogP contribution in [0.3, 0.4) is 0 Å². The highest BCUT2D eigenvalue weighted by Gasteiger charge is 2.15. The third kappa shape index (κ3) is 2.00. The minimum atomic E-state index is -0.934. The first-order chi connectivity index (χ1) is 8.17. The van der Waals surface area contributed by atoms with Crippen LogP contribution >= 0.6 is 0 Å². The largest absolute Gasteiger partial charge is 0.478 e. The number of nitrogens with zero attached hydrogens (tertiary/aromatic N) is 3. The number of aromatic nitrogens is 3. The molecule has 90 valence electrons. The summed E-state index contributed by atoms with van der Waals surface area (Å²) in [6.45, 7) is 4.19. The molecule has 5 nitrogen and oxygen atoms in total. The Morgan fingerprint density at radius 3 is 2.65 bits per heavy atom. The molecule has 0 radical (unpaired) electrons. The molecule has 0 spiro atoms. The van der Waals surface area contributed by atoms with Crippen molar-refractivity contribution in [1.82, 2.24) is 14.6 Å². The summed E-state index contributed by atoms with van der Waals surface area (Å²) in [7, 11) is 0. The van der Waals surface area contributed by atoms with Gasteiger partial charge in [0, 0.05) is 12.1 Å². The van der Waals surface area contributed by atoms with Crippen molar-refractivity contribution in [2.75, 3.05) is 0 Å². The maximum absolute atomic E-state index is 10.9. The molecule has 17 heavy (non-hydrogen) atoms. The molecule has 0 aliphatic heterocycles. The first kappa shape index (κ1) is 11.6. The highest BCUT2D eigenvalue weighted by atomic mass is 16.4. The van der Waals surface area contributed by atoms with Crippen molar-refractivity contribution in [1.29, 1.82) is 0 Å². The molecule has 0 saturated carbocycles. The van der Waals surface area contributed by atoms with Crippen LogP contribution in [0.25, 0.3) is 5.65 Å². The first-order valence-corrected chi connectivity index (χ1v) is 5.75. The highest BCUT2D eigenvalue weighted by Crippen LogP contribution is 2.22. The maximum Gasteiger partial charge on any atom is 0.337 e. The molecular formula is C12H15N3O2. The van der Waals surface area contributed by atoms with E-state index in [4.69, 9.17) is 5.11 Å². The zero-order valence-corrected chi connectivity index (χ0v) is 9.92. The van der Waals surface area contributed by atoms with E-state index in [0.717, 1.165) is 18.7 Å². The molecule has 2 aromatic rings. The van der Waals surface area contributed by atoms with Crippen molar-refractivity contribution in [3.05, 3.63) is 29.7 Å². The van der Waals surface area contributed by atoms with Crippen LogP contribution in [0.2, 0.25) is 0 Å². The molecule has 0 atom stereocenters. The summed E-state index contributed by atoms with van der Waals surface area (Å²) in [4.78, 5) is 10.9. The van der Waals surface area contributed by atoms with Gasteiger partial charge < -0.3 is 5.11 Å². The van der Waals surface area contributed by atoms with Crippen molar-refractivity contribution >= 4 is 11.6 Å². The SMILES string of the molecule is CCC(CC)c1nnc2ccc(C(=O)O)cn12. The van der Waals surface area contributed by atoms with Gasteiger partial charge in [-0.05, 0) is 25.0 Å². The summed E-state index contributed by atoms with van der Waals surface area (Å²) >= 11 is 0. The molecule has 5 heteroatoms. The summed E-state index contributed by atoms with van der Waals surface area (Å²) in [6.07, 6.45) is 3.52. The van der Waals surface area contributed by atoms with Gasteiger partial charge in [-0.1, -0.05) is 13.8 Å². The Balaban J connectivity index is 2.57. The Labute approximate surface area is 99.1 Å². The van der Waals surface area contributed by atoms with Crippen molar-refractivity contribution in [2.24, 2.45) is 0 Å². The van der Waals surface area contributed by atoms with Gasteiger partial charge in [0.1, 0.15) is 5.82 Å². The number of aromatic carboxylic acids is 1. The molecule has 0 bridgehead atoms. The van der Waals surface area contributed by atoms with Gasteiger partial charge in [-0.3, -0.25) is 4.40 Å². The topological polar surface area (TPSA) is 67.5 Å². The fourth-order valence-corrected chi connectivity index (χ4v) is 1.97. The monoisotopic (exact) mass is 233 g/mol. The molecule has 0 saturated heterocycles. The number of rotatable bonds is 4. The van der Waals surface area contributed by atoms with Gasteiger partial charge in [-0.25, -0.2) is 4.79 Å². The molecular weight excluding hydrogens is 218 g/mol. The lowest BCUT2D eigenvalue weighted by Gasteiger charge is -2.09. The summed E-state index contributed by atoms with van der Waals surface area (Å²) < 4.78 is 1.78. The van der Waals surface area contributed by atoms with E-state index in [1.165, 1.54) is 0 Å². The van der Waals surface area contributed by atoms with Crippen molar-refractivity contribution in [3.8, 4) is 0 Å². The quantitative estimate of drug-likeness (QED) is 0.880. The molecule has 0 unspecified atom stereocenters. The molecule has 2 heterocycles. The second-order valence-corrected chi connectivity index (χ2v) is 4.02. The number of carboxylic acids is 1. The van der Waals surface area contributed by atoms with Crippen molar-refractivity contribution in [2.45, 2.75) is 32.6 Å². The second kappa shape index (κ2) is 4.53. The molecule has 2 aromatic heterocycles. The van der Waals surface area contributed by atoms with Gasteiger partial charge in [-0.15, -0.1) is 10.2 Å². The number of carboxylic acid groups (broad SMARTS) is 1. The van der Waals surface area contributed by atoms with Crippen LogP contribution in [-0.2, 0) is 0 Å². The van der Waals surface area contributed by atoms with Crippen LogP contribution < -0.4 is 0 Å². The smallest absolute Gasteiger partial charge is 0.337 e. The van der Waals surface area contributed by atoms with Crippen molar-refractivity contribution < 1.29 is 9.90 Å². The fraction of sp³-hybridized carbons (Fsp3) is 0.417. The van der Waals surface area contributed by atoms with Crippen LogP contribution in [0, 0.1) is 0 Å². The average molecular weight is 233 g/mol. The van der Waals surface area contributed by atoms with Gasteiger partial charge in [0.2, 0.25) is 0 Å². The maximum atomic E-state index is 10.9. The Bertz CT molecular complexity index is 544. The number of pyridine rings is 1. The van der Waals surface area contributed by atoms with E-state index < -0.39 is 5.97 Å². The van der Waals surface area contributed by atoms with Crippen LogP contribution in [-0.4, -0.2) is 25.7 Å². The summed E-state index contributed by atoms with van der Waals surface area (Å²) in [5.74, 6) is 0.221. The lowest BCUT2D eigenvalue weighted by atomic mass is 10.0. The first-order valence-electron chi connectivity index (χ1n) is 5.75. The average Bonchev–Trinajstić information content (AvgIpc) is 2.74. The van der Waals surface area contributed by atoms with E-state index in [9.17, 15) is 4.79 Å². The zero-order valence-electron chi connectivity index (χ0n) is 9.92. The van der Waals surface area contributed by atoms with E-state index in [1.807, 2.05) is 0 Å². The van der Waals surface area contributed by atoms with Gasteiger partial charge in [-0.2, -0.15) is 0 Å². The molecule has 0 aliphatic rings. The molecule has 0 amide bonds. The molecule has 0 fully saturated rings. The minimum Gasteiger partial charge on any atom is -0.478 e. The Morgan fingerprint density at radius 1 is 1.35 bits per heavy atom. The summed E-state index contributed by atoms with van der Waals surface area (Å²) in [5.41, 5.74) is 0.946. The third-order valence-corrected chi connectivity index (χ3v) is 3.03. The number of hydrogen-bond acceptors (Lipinski definition) is 3. The van der Waals surface area contributed by atoms with Crippen LogP contribution in [0.15, 0.2) is 18.3 Å². The lowest BCUT2D eigenvalue weighted by Crippen LogP contribution is -2.05. The van der Waals surface area contributed by atoms with E-state index in [1.54, 1.807) is 22.7 Å². The fourth-order valence-electron chi connectivity index (χ4n) is 1.97. The van der Waals surface area contributed by atoms with Gasteiger partial charge >= 0.3 is 5.97 Å². The molecule has 0 aromatic carbocycles.